The summed E-state index contributed by atoms with van der Waals surface area (Å²) >= 11 is 0. The number of hydrogen-bond donors (Lipinski definition) is 0. The first kappa shape index (κ1) is 19.0. The molecule has 0 N–H and O–H groups in total. The van der Waals surface area contributed by atoms with Gasteiger partial charge in [-0.3, -0.25) is 0 Å². The Bertz CT molecular complexity index is 361. The smallest absolute Gasteiger partial charge is 0.0621 e. The van der Waals surface area contributed by atoms with Crippen molar-refractivity contribution in [2.24, 2.45) is 11.8 Å². The van der Waals surface area contributed by atoms with Crippen molar-refractivity contribution in [2.75, 3.05) is 0 Å². The highest BCUT2D eigenvalue weighted by Crippen LogP contribution is 2.39. The van der Waals surface area contributed by atoms with E-state index in [0.29, 0.717) is 0 Å². The van der Waals surface area contributed by atoms with Gasteiger partial charge in [-0.25, -0.2) is 0 Å². The molecule has 124 valence electrons. The van der Waals surface area contributed by atoms with Crippen LogP contribution in [0.4, 0.5) is 0 Å². The molecule has 0 aromatic heterocycles. The van der Waals surface area contributed by atoms with E-state index in [1.165, 1.54) is 76.2 Å². The third kappa shape index (κ3) is 7.83. The van der Waals surface area contributed by atoms with Gasteiger partial charge in [0.15, 0.2) is 0 Å². The predicted octanol–water partition coefficient (Wildman–Crippen LogP) is 6.96. The average molecular weight is 302 g/mol. The summed E-state index contributed by atoms with van der Waals surface area (Å²) in [5.74, 6) is 1.47. The van der Waals surface area contributed by atoms with Gasteiger partial charge in [-0.15, -0.1) is 0 Å². The maximum absolute atomic E-state index is 8.55. The lowest BCUT2D eigenvalue weighted by molar-refractivity contribution is 0.445. The first-order valence-electron chi connectivity index (χ1n) is 9.50. The zero-order chi connectivity index (χ0) is 16.0. The van der Waals surface area contributed by atoms with Crippen LogP contribution in [0.25, 0.3) is 0 Å². The van der Waals surface area contributed by atoms with Crippen LogP contribution in [0.3, 0.4) is 0 Å². The summed E-state index contributed by atoms with van der Waals surface area (Å²) in [5.41, 5.74) is 1.48. The van der Waals surface area contributed by atoms with Gasteiger partial charge in [-0.05, 0) is 50.4 Å². The Kier molecular flexibility index (Phi) is 10.8. The average Bonchev–Trinajstić information content (AvgIpc) is 2.87. The molecule has 0 heterocycles. The van der Waals surface area contributed by atoms with Crippen LogP contribution in [-0.2, 0) is 0 Å². The van der Waals surface area contributed by atoms with Crippen LogP contribution in [0.5, 0.6) is 0 Å². The SMILES string of the molecule is C=C1CCC(/C=C/CCCCCC)[C@H]1CCCCCCC#N. The summed E-state index contributed by atoms with van der Waals surface area (Å²) in [6.45, 7) is 6.57. The molecule has 1 aliphatic rings. The Morgan fingerprint density at radius 3 is 2.68 bits per heavy atom. The number of unbranched alkanes of at least 4 members (excludes halogenated alkanes) is 8. The topological polar surface area (TPSA) is 23.8 Å². The molecular weight excluding hydrogens is 266 g/mol. The minimum atomic E-state index is 0.722. The van der Waals surface area contributed by atoms with Gasteiger partial charge in [0.2, 0.25) is 0 Å². The van der Waals surface area contributed by atoms with Crippen LogP contribution >= 0.6 is 0 Å². The Balaban J connectivity index is 2.20. The van der Waals surface area contributed by atoms with Crippen molar-refractivity contribution in [3.8, 4) is 6.07 Å². The van der Waals surface area contributed by atoms with Gasteiger partial charge in [-0.1, -0.05) is 69.8 Å². The van der Waals surface area contributed by atoms with Crippen LogP contribution in [0, 0.1) is 23.2 Å². The molecule has 0 bridgehead atoms. The second-order valence-corrected chi connectivity index (χ2v) is 6.86. The van der Waals surface area contributed by atoms with Crippen LogP contribution in [0.15, 0.2) is 24.3 Å². The summed E-state index contributed by atoms with van der Waals surface area (Å²) in [6.07, 6.45) is 21.0. The lowest BCUT2D eigenvalue weighted by Gasteiger charge is -2.17. The summed E-state index contributed by atoms with van der Waals surface area (Å²) in [6, 6.07) is 2.23. The second-order valence-electron chi connectivity index (χ2n) is 6.86. The number of hydrogen-bond acceptors (Lipinski definition) is 1. The zero-order valence-corrected chi connectivity index (χ0v) is 14.7. The molecule has 1 fully saturated rings. The second kappa shape index (κ2) is 12.5. The number of nitrogens with zero attached hydrogens (tertiary/aromatic N) is 1. The molecule has 2 atom stereocenters. The van der Waals surface area contributed by atoms with E-state index in [0.717, 1.165) is 24.7 Å². The van der Waals surface area contributed by atoms with Crippen molar-refractivity contribution < 1.29 is 0 Å². The quantitative estimate of drug-likeness (QED) is 0.282. The normalized spacial score (nSPS) is 21.5. The van der Waals surface area contributed by atoms with Crippen molar-refractivity contribution in [1.29, 1.82) is 5.26 Å². The van der Waals surface area contributed by atoms with E-state index in [2.05, 4.69) is 31.7 Å². The van der Waals surface area contributed by atoms with E-state index < -0.39 is 0 Å². The van der Waals surface area contributed by atoms with Crippen molar-refractivity contribution >= 4 is 0 Å². The molecule has 1 saturated carbocycles. The fraction of sp³-hybridized carbons (Fsp3) is 0.762. The molecule has 0 saturated heterocycles. The zero-order valence-electron chi connectivity index (χ0n) is 14.7. The highest BCUT2D eigenvalue weighted by Gasteiger charge is 2.27. The summed E-state index contributed by atoms with van der Waals surface area (Å²) in [5, 5.41) is 8.55. The standard InChI is InChI=1S/C21H35N/c1-3-4-5-6-8-11-14-20-17-16-19(2)21(20)15-12-9-7-10-13-18-22/h11,14,20-21H,2-10,12-13,15-17H2,1H3/b14-11+/t20?,21-/m0/s1. The molecule has 1 aliphatic carbocycles. The molecule has 0 aromatic carbocycles. The Morgan fingerprint density at radius 1 is 1.14 bits per heavy atom. The van der Waals surface area contributed by atoms with E-state index >= 15 is 0 Å². The Labute approximate surface area is 138 Å². The van der Waals surface area contributed by atoms with E-state index in [-0.39, 0.29) is 0 Å². The van der Waals surface area contributed by atoms with Crippen LogP contribution in [0.1, 0.15) is 90.4 Å². The Hall–Kier alpha value is -1.03. The largest absolute Gasteiger partial charge is 0.198 e. The molecule has 0 aromatic rings. The van der Waals surface area contributed by atoms with Gasteiger partial charge in [0.1, 0.15) is 0 Å². The van der Waals surface area contributed by atoms with Crippen LogP contribution in [-0.4, -0.2) is 0 Å². The van der Waals surface area contributed by atoms with Gasteiger partial charge in [-0.2, -0.15) is 5.26 Å². The van der Waals surface area contributed by atoms with Crippen molar-refractivity contribution in [3.05, 3.63) is 24.3 Å². The van der Waals surface area contributed by atoms with Gasteiger partial charge >= 0.3 is 0 Å². The number of rotatable bonds is 12. The first-order valence-corrected chi connectivity index (χ1v) is 9.50. The molecule has 0 radical (unpaired) electrons. The number of nitriles is 1. The van der Waals surface area contributed by atoms with Crippen LogP contribution < -0.4 is 0 Å². The molecule has 1 unspecified atom stereocenters. The van der Waals surface area contributed by atoms with E-state index in [1.54, 1.807) is 0 Å². The van der Waals surface area contributed by atoms with Crippen molar-refractivity contribution in [2.45, 2.75) is 90.4 Å². The third-order valence-corrected chi connectivity index (χ3v) is 5.00. The minimum absolute atomic E-state index is 0.722. The molecule has 0 amide bonds. The highest BCUT2D eigenvalue weighted by atomic mass is 14.3. The number of allylic oxidation sites excluding steroid dienone is 3. The fourth-order valence-electron chi connectivity index (χ4n) is 3.57. The summed E-state index contributed by atoms with van der Waals surface area (Å²) < 4.78 is 0. The summed E-state index contributed by atoms with van der Waals surface area (Å²) in [7, 11) is 0. The van der Waals surface area contributed by atoms with Gasteiger partial charge in [0.25, 0.3) is 0 Å². The fourth-order valence-corrected chi connectivity index (χ4v) is 3.57. The Morgan fingerprint density at radius 2 is 1.91 bits per heavy atom. The third-order valence-electron chi connectivity index (χ3n) is 5.00. The molecule has 22 heavy (non-hydrogen) atoms. The summed E-state index contributed by atoms with van der Waals surface area (Å²) in [4.78, 5) is 0. The van der Waals surface area contributed by atoms with Crippen LogP contribution in [0.2, 0.25) is 0 Å². The molecule has 1 rings (SSSR count). The van der Waals surface area contributed by atoms with E-state index in [1.807, 2.05) is 0 Å². The molecule has 0 spiro atoms. The monoisotopic (exact) mass is 301 g/mol. The molecular formula is C21H35N. The van der Waals surface area contributed by atoms with Gasteiger partial charge in [0, 0.05) is 6.42 Å². The van der Waals surface area contributed by atoms with Crippen molar-refractivity contribution in [1.82, 2.24) is 0 Å². The van der Waals surface area contributed by atoms with Crippen molar-refractivity contribution in [3.63, 3.8) is 0 Å². The van der Waals surface area contributed by atoms with E-state index in [9.17, 15) is 0 Å². The first-order chi connectivity index (χ1) is 10.8. The lowest BCUT2D eigenvalue weighted by atomic mass is 9.88. The molecule has 1 nitrogen and oxygen atoms in total. The van der Waals surface area contributed by atoms with Gasteiger partial charge in [0.05, 0.1) is 6.07 Å². The predicted molar refractivity (Wildman–Crippen MR) is 96.6 cm³/mol. The van der Waals surface area contributed by atoms with Gasteiger partial charge < -0.3 is 0 Å². The van der Waals surface area contributed by atoms with E-state index in [4.69, 9.17) is 5.26 Å². The minimum Gasteiger partial charge on any atom is -0.198 e. The maximum atomic E-state index is 8.55. The highest BCUT2D eigenvalue weighted by molar-refractivity contribution is 5.13. The molecule has 0 aliphatic heterocycles. The molecule has 1 heteroatoms. The lowest BCUT2D eigenvalue weighted by Crippen LogP contribution is -2.06. The maximum Gasteiger partial charge on any atom is 0.0621 e.